The predicted octanol–water partition coefficient (Wildman–Crippen LogP) is 0.113. The number of halogens is 1. The lowest BCUT2D eigenvalue weighted by Crippen LogP contribution is -2.49. The molecule has 3 atom stereocenters. The maximum atomic E-state index is 9.22. The van der Waals surface area contributed by atoms with Gasteiger partial charge in [-0.2, -0.15) is 0 Å². The fourth-order valence-electron chi connectivity index (χ4n) is 2.13. The Morgan fingerprint density at radius 1 is 1.41 bits per heavy atom. The molecule has 5 N–H and O–H groups in total. The van der Waals surface area contributed by atoms with E-state index in [1.54, 1.807) is 0 Å². The minimum Gasteiger partial charge on any atom is -0.396 e. The summed E-state index contributed by atoms with van der Waals surface area (Å²) in [6.07, 6.45) is 2.11. The molecule has 3 unspecified atom stereocenters. The zero-order valence-electron chi connectivity index (χ0n) is 9.17. The van der Waals surface area contributed by atoms with Crippen molar-refractivity contribution < 1.29 is 10.2 Å². The van der Waals surface area contributed by atoms with Crippen molar-refractivity contribution in [3.05, 3.63) is 11.5 Å². The van der Waals surface area contributed by atoms with Gasteiger partial charge in [-0.15, -0.1) is 0 Å². The highest BCUT2D eigenvalue weighted by Crippen LogP contribution is 2.37. The van der Waals surface area contributed by atoms with Gasteiger partial charge in [0.25, 0.3) is 0 Å². The van der Waals surface area contributed by atoms with Crippen molar-refractivity contribution in [1.29, 1.82) is 0 Å². The predicted molar refractivity (Wildman–Crippen MR) is 64.6 cm³/mol. The first-order valence-electron chi connectivity index (χ1n) is 5.41. The fraction of sp³-hybridized carbons (Fsp3) is 0.600. The molecule has 17 heavy (non-hydrogen) atoms. The molecule has 0 aliphatic heterocycles. The minimum absolute atomic E-state index is 0.0214. The average Bonchev–Trinajstić information content (AvgIpc) is 2.29. The Kier molecular flexibility index (Phi) is 3.66. The summed E-state index contributed by atoms with van der Waals surface area (Å²) in [6.45, 7) is 0.116. The second kappa shape index (κ2) is 5.03. The van der Waals surface area contributed by atoms with Crippen LogP contribution < -0.4 is 11.1 Å². The van der Waals surface area contributed by atoms with Crippen molar-refractivity contribution in [2.24, 2.45) is 11.8 Å². The van der Waals surface area contributed by atoms with Crippen LogP contribution in [0.15, 0.2) is 6.33 Å². The van der Waals surface area contributed by atoms with Crippen molar-refractivity contribution >= 4 is 23.1 Å². The summed E-state index contributed by atoms with van der Waals surface area (Å²) in [5.41, 5.74) is 6.04. The molecule has 0 spiro atoms. The first-order valence-corrected chi connectivity index (χ1v) is 5.79. The summed E-state index contributed by atoms with van der Waals surface area (Å²) in [6, 6.07) is 0.0606. The molecule has 1 heterocycles. The third-order valence-electron chi connectivity index (χ3n) is 3.28. The van der Waals surface area contributed by atoms with Crippen molar-refractivity contribution in [1.82, 2.24) is 9.97 Å². The quantitative estimate of drug-likeness (QED) is 0.572. The van der Waals surface area contributed by atoms with E-state index >= 15 is 0 Å². The Bertz CT molecular complexity index is 404. The number of anilines is 2. The summed E-state index contributed by atoms with van der Waals surface area (Å²) in [5, 5.41) is 21.6. The zero-order chi connectivity index (χ0) is 12.4. The van der Waals surface area contributed by atoms with Crippen molar-refractivity contribution in [3.8, 4) is 0 Å². The second-order valence-electron chi connectivity index (χ2n) is 4.20. The number of rotatable bonds is 4. The molecule has 7 heteroatoms. The Hall–Kier alpha value is -1.11. The molecule has 2 rings (SSSR count). The first kappa shape index (κ1) is 12.3. The summed E-state index contributed by atoms with van der Waals surface area (Å²) in [5.74, 6) is 0.633. The molecule has 94 valence electrons. The summed E-state index contributed by atoms with van der Waals surface area (Å²) in [4.78, 5) is 7.77. The smallest absolute Gasteiger partial charge is 0.157 e. The van der Waals surface area contributed by atoms with Gasteiger partial charge in [0.1, 0.15) is 12.0 Å². The summed E-state index contributed by atoms with van der Waals surface area (Å²) in [7, 11) is 0. The molecule has 0 radical (unpaired) electrons. The number of aliphatic hydroxyl groups is 2. The highest BCUT2D eigenvalue weighted by Gasteiger charge is 2.40. The number of hydrogen-bond acceptors (Lipinski definition) is 6. The number of hydrogen-bond donors (Lipinski definition) is 4. The van der Waals surface area contributed by atoms with E-state index in [9.17, 15) is 5.11 Å². The molecule has 1 fully saturated rings. The summed E-state index contributed by atoms with van der Waals surface area (Å²) < 4.78 is 0. The van der Waals surface area contributed by atoms with Gasteiger partial charge in [-0.1, -0.05) is 11.6 Å². The third kappa shape index (κ3) is 2.29. The average molecular weight is 259 g/mol. The number of nitrogens with two attached hydrogens (primary N) is 1. The third-order valence-corrected chi connectivity index (χ3v) is 3.58. The lowest BCUT2D eigenvalue weighted by Gasteiger charge is -2.43. The van der Waals surface area contributed by atoms with Crippen LogP contribution in [-0.2, 0) is 0 Å². The molecule has 0 aromatic carbocycles. The number of aromatic nitrogens is 2. The van der Waals surface area contributed by atoms with Crippen LogP contribution >= 0.6 is 11.6 Å². The molecule has 1 saturated carbocycles. The van der Waals surface area contributed by atoms with E-state index in [1.165, 1.54) is 6.33 Å². The molecule has 1 aliphatic rings. The van der Waals surface area contributed by atoms with E-state index in [2.05, 4.69) is 15.3 Å². The normalized spacial score (nSPS) is 27.6. The lowest BCUT2D eigenvalue weighted by molar-refractivity contribution is 0.0328. The largest absolute Gasteiger partial charge is 0.396 e. The van der Waals surface area contributed by atoms with Crippen LogP contribution in [0.5, 0.6) is 0 Å². The molecule has 1 aromatic heterocycles. The molecule has 1 aliphatic carbocycles. The number of nitrogens with zero attached hydrogens (tertiary/aromatic N) is 2. The van der Waals surface area contributed by atoms with Gasteiger partial charge < -0.3 is 21.3 Å². The van der Waals surface area contributed by atoms with Gasteiger partial charge >= 0.3 is 0 Å². The van der Waals surface area contributed by atoms with Gasteiger partial charge in [-0.25, -0.2) is 9.97 Å². The molecule has 0 bridgehead atoms. The zero-order valence-corrected chi connectivity index (χ0v) is 9.93. The van der Waals surface area contributed by atoms with Gasteiger partial charge in [-0.05, 0) is 12.3 Å². The maximum absolute atomic E-state index is 9.22. The Morgan fingerprint density at radius 3 is 2.82 bits per heavy atom. The van der Waals surface area contributed by atoms with Gasteiger partial charge in [0.15, 0.2) is 11.0 Å². The monoisotopic (exact) mass is 258 g/mol. The highest BCUT2D eigenvalue weighted by molar-refractivity contribution is 6.32. The highest BCUT2D eigenvalue weighted by atomic mass is 35.5. The number of nitrogen functional groups attached to an aromatic ring is 1. The lowest BCUT2D eigenvalue weighted by atomic mass is 9.70. The van der Waals surface area contributed by atoms with Gasteiger partial charge in [0, 0.05) is 25.2 Å². The van der Waals surface area contributed by atoms with Crippen LogP contribution in [0, 0.1) is 11.8 Å². The molecule has 0 amide bonds. The van der Waals surface area contributed by atoms with Crippen LogP contribution in [0.1, 0.15) is 6.42 Å². The van der Waals surface area contributed by atoms with E-state index in [4.69, 9.17) is 22.4 Å². The van der Waals surface area contributed by atoms with Crippen LogP contribution in [0.2, 0.25) is 5.15 Å². The van der Waals surface area contributed by atoms with Crippen LogP contribution in [0.3, 0.4) is 0 Å². The standard InChI is InChI=1S/C10H15ClN4O2/c11-9-8(12)10(14-4-13-9)15-7-1-5(2-16)6(7)3-17/h4-7,16-17H,1-3,12H2,(H,13,14,15). The van der Waals surface area contributed by atoms with E-state index in [-0.39, 0.29) is 36.2 Å². The molecule has 6 nitrogen and oxygen atoms in total. The van der Waals surface area contributed by atoms with Crippen LogP contribution in [0.25, 0.3) is 0 Å². The topological polar surface area (TPSA) is 104 Å². The van der Waals surface area contributed by atoms with Crippen LogP contribution in [-0.4, -0.2) is 39.4 Å². The van der Waals surface area contributed by atoms with E-state index in [0.717, 1.165) is 6.42 Å². The Morgan fingerprint density at radius 2 is 2.18 bits per heavy atom. The maximum Gasteiger partial charge on any atom is 0.157 e. The summed E-state index contributed by atoms with van der Waals surface area (Å²) >= 11 is 5.78. The Labute approximate surface area is 104 Å². The van der Waals surface area contributed by atoms with E-state index < -0.39 is 0 Å². The van der Waals surface area contributed by atoms with Gasteiger partial charge in [0.2, 0.25) is 0 Å². The minimum atomic E-state index is 0.0214. The second-order valence-corrected chi connectivity index (χ2v) is 4.56. The fourth-order valence-corrected chi connectivity index (χ4v) is 2.26. The van der Waals surface area contributed by atoms with Crippen molar-refractivity contribution in [2.45, 2.75) is 12.5 Å². The molecular formula is C10H15ClN4O2. The molecular weight excluding hydrogens is 244 g/mol. The van der Waals surface area contributed by atoms with Crippen molar-refractivity contribution in [2.75, 3.05) is 24.3 Å². The van der Waals surface area contributed by atoms with E-state index in [1.807, 2.05) is 0 Å². The van der Waals surface area contributed by atoms with E-state index in [0.29, 0.717) is 11.5 Å². The van der Waals surface area contributed by atoms with Crippen LogP contribution in [0.4, 0.5) is 11.5 Å². The molecule has 1 aromatic rings. The van der Waals surface area contributed by atoms with Gasteiger partial charge in [0.05, 0.1) is 0 Å². The first-order chi connectivity index (χ1) is 8.17. The molecule has 0 saturated heterocycles. The number of nitrogens with one attached hydrogen (secondary N) is 1. The Balaban J connectivity index is 2.05. The number of aliphatic hydroxyl groups excluding tert-OH is 2. The van der Waals surface area contributed by atoms with Crippen molar-refractivity contribution in [3.63, 3.8) is 0 Å². The SMILES string of the molecule is Nc1c(Cl)ncnc1NC1CC(CO)C1CO. The van der Waals surface area contributed by atoms with Gasteiger partial charge in [-0.3, -0.25) is 0 Å².